The fraction of sp³-hybridized carbons (Fsp3) is 0.304. The third kappa shape index (κ3) is 5.50. The van der Waals surface area contributed by atoms with Crippen molar-refractivity contribution >= 4 is 11.7 Å². The first-order valence-corrected chi connectivity index (χ1v) is 10.1. The first kappa shape index (κ1) is 23.0. The molecule has 32 heavy (non-hydrogen) atoms. The Kier molecular flexibility index (Phi) is 7.21. The van der Waals surface area contributed by atoms with E-state index in [1.165, 1.54) is 6.07 Å². The highest BCUT2D eigenvalue weighted by Crippen LogP contribution is 2.29. The highest BCUT2D eigenvalue weighted by Gasteiger charge is 2.20. The molecule has 9 heteroatoms. The van der Waals surface area contributed by atoms with E-state index in [1.807, 2.05) is 24.3 Å². The largest absolute Gasteiger partial charge is 0.493 e. The molecule has 2 aromatic carbocycles. The minimum atomic E-state index is -0.859. The molecule has 0 saturated carbocycles. The Labute approximate surface area is 185 Å². The van der Waals surface area contributed by atoms with Crippen molar-refractivity contribution in [2.24, 2.45) is 0 Å². The standard InChI is InChI=1S/C23H25N3O6/c1-15-19(5-4-6-21(15)26(29)30)20-14-18(32-24-20)11-12-31-17-9-7-16(8-10-17)13-22(23(27)28)25(2)3/h4-10,14,22H,11-13H2,1-3H3,(H,27,28)/t22-/m0/s1. The van der Waals surface area contributed by atoms with Gasteiger partial charge in [-0.2, -0.15) is 0 Å². The number of rotatable bonds is 10. The Bertz CT molecular complexity index is 1090. The van der Waals surface area contributed by atoms with Gasteiger partial charge in [-0.15, -0.1) is 0 Å². The van der Waals surface area contributed by atoms with Gasteiger partial charge in [0, 0.05) is 29.7 Å². The quantitative estimate of drug-likeness (QED) is 0.375. The molecule has 0 aliphatic heterocycles. The molecular weight excluding hydrogens is 414 g/mol. The van der Waals surface area contributed by atoms with E-state index in [0.29, 0.717) is 47.8 Å². The van der Waals surface area contributed by atoms with E-state index in [1.54, 1.807) is 44.1 Å². The minimum absolute atomic E-state index is 0.0408. The molecule has 168 valence electrons. The first-order valence-electron chi connectivity index (χ1n) is 10.1. The molecule has 0 bridgehead atoms. The molecule has 0 radical (unpaired) electrons. The summed E-state index contributed by atoms with van der Waals surface area (Å²) < 4.78 is 11.1. The number of hydrogen-bond acceptors (Lipinski definition) is 7. The van der Waals surface area contributed by atoms with Crippen LogP contribution in [0.3, 0.4) is 0 Å². The van der Waals surface area contributed by atoms with Crippen molar-refractivity contribution in [3.8, 4) is 17.0 Å². The second-order valence-electron chi connectivity index (χ2n) is 7.65. The number of carboxylic acids is 1. The molecule has 1 N–H and O–H groups in total. The average Bonchev–Trinajstić information content (AvgIpc) is 3.21. The lowest BCUT2D eigenvalue weighted by Crippen LogP contribution is -2.37. The zero-order chi connectivity index (χ0) is 23.3. The van der Waals surface area contributed by atoms with Crippen LogP contribution < -0.4 is 4.74 Å². The number of nitro groups is 1. The fourth-order valence-corrected chi connectivity index (χ4v) is 3.36. The van der Waals surface area contributed by atoms with E-state index in [4.69, 9.17) is 9.26 Å². The van der Waals surface area contributed by atoms with Gasteiger partial charge in [0.15, 0.2) is 0 Å². The summed E-state index contributed by atoms with van der Waals surface area (Å²) in [6, 6.07) is 13.3. The normalized spacial score (nSPS) is 12.0. The van der Waals surface area contributed by atoms with Crippen LogP contribution >= 0.6 is 0 Å². The Morgan fingerprint density at radius 2 is 1.97 bits per heavy atom. The molecule has 3 aromatic rings. The molecule has 0 fully saturated rings. The van der Waals surface area contributed by atoms with Gasteiger partial charge >= 0.3 is 5.97 Å². The second kappa shape index (κ2) is 10.1. The van der Waals surface area contributed by atoms with E-state index >= 15 is 0 Å². The van der Waals surface area contributed by atoms with Crippen LogP contribution in [0.1, 0.15) is 16.9 Å². The van der Waals surface area contributed by atoms with Crippen LogP contribution in [0.5, 0.6) is 5.75 Å². The monoisotopic (exact) mass is 439 g/mol. The number of nitro benzene ring substituents is 1. The number of aliphatic carboxylic acids is 1. The summed E-state index contributed by atoms with van der Waals surface area (Å²) in [5.41, 5.74) is 2.68. The molecule has 0 saturated heterocycles. The van der Waals surface area contributed by atoms with E-state index < -0.39 is 16.9 Å². The van der Waals surface area contributed by atoms with E-state index in [-0.39, 0.29) is 5.69 Å². The zero-order valence-electron chi connectivity index (χ0n) is 18.1. The van der Waals surface area contributed by atoms with Gasteiger partial charge in [-0.3, -0.25) is 19.8 Å². The van der Waals surface area contributed by atoms with Gasteiger partial charge in [0.2, 0.25) is 0 Å². The first-order chi connectivity index (χ1) is 15.3. The molecule has 0 aliphatic rings. The van der Waals surface area contributed by atoms with Crippen LogP contribution in [-0.2, 0) is 17.6 Å². The van der Waals surface area contributed by atoms with Crippen LogP contribution in [0.2, 0.25) is 0 Å². The van der Waals surface area contributed by atoms with E-state index in [9.17, 15) is 20.0 Å². The van der Waals surface area contributed by atoms with Crippen LogP contribution in [0.4, 0.5) is 5.69 Å². The van der Waals surface area contributed by atoms with Crippen molar-refractivity contribution in [1.29, 1.82) is 0 Å². The van der Waals surface area contributed by atoms with Crippen LogP contribution in [0.15, 0.2) is 53.1 Å². The van der Waals surface area contributed by atoms with Crippen LogP contribution in [-0.4, -0.2) is 52.8 Å². The van der Waals surface area contributed by atoms with Crippen LogP contribution in [0, 0.1) is 17.0 Å². The predicted octanol–water partition coefficient (Wildman–Crippen LogP) is 3.74. The van der Waals surface area contributed by atoms with Crippen molar-refractivity contribution in [3.63, 3.8) is 0 Å². The van der Waals surface area contributed by atoms with Crippen molar-refractivity contribution in [3.05, 3.63) is 75.5 Å². The number of ether oxygens (including phenoxy) is 1. The number of aromatic nitrogens is 1. The number of hydrogen-bond donors (Lipinski definition) is 1. The highest BCUT2D eigenvalue weighted by molar-refractivity contribution is 5.73. The van der Waals surface area contributed by atoms with E-state index in [0.717, 1.165) is 5.56 Å². The summed E-state index contributed by atoms with van der Waals surface area (Å²) in [4.78, 5) is 23.7. The SMILES string of the molecule is Cc1c(-c2cc(CCOc3ccc(C[C@@H](C(=O)O)N(C)C)cc3)on2)cccc1[N+](=O)[O-]. The van der Waals surface area contributed by atoms with Gasteiger partial charge in [0.05, 0.1) is 11.5 Å². The molecule has 0 aliphatic carbocycles. The average molecular weight is 439 g/mol. The molecule has 1 aromatic heterocycles. The molecular formula is C23H25N3O6. The number of benzene rings is 2. The molecule has 3 rings (SSSR count). The van der Waals surface area contributed by atoms with Crippen molar-refractivity contribution in [2.45, 2.75) is 25.8 Å². The Morgan fingerprint density at radius 1 is 1.25 bits per heavy atom. The molecule has 0 amide bonds. The van der Waals surface area contributed by atoms with Gasteiger partial charge in [-0.1, -0.05) is 29.4 Å². The van der Waals surface area contributed by atoms with Gasteiger partial charge in [-0.25, -0.2) is 0 Å². The van der Waals surface area contributed by atoms with Crippen molar-refractivity contribution in [2.75, 3.05) is 20.7 Å². The molecule has 1 heterocycles. The summed E-state index contributed by atoms with van der Waals surface area (Å²) >= 11 is 0. The molecule has 1 atom stereocenters. The number of nitrogens with zero attached hydrogens (tertiary/aromatic N) is 3. The third-order valence-corrected chi connectivity index (χ3v) is 5.21. The lowest BCUT2D eigenvalue weighted by Gasteiger charge is -2.20. The summed E-state index contributed by atoms with van der Waals surface area (Å²) in [6.07, 6.45) is 0.880. The maximum absolute atomic E-state index is 11.3. The molecule has 0 unspecified atom stereocenters. The Balaban J connectivity index is 1.57. The number of carboxylic acid groups (broad SMARTS) is 1. The Hall–Kier alpha value is -3.72. The second-order valence-corrected chi connectivity index (χ2v) is 7.65. The van der Waals surface area contributed by atoms with Crippen LogP contribution in [0.25, 0.3) is 11.3 Å². The Morgan fingerprint density at radius 3 is 2.59 bits per heavy atom. The summed E-state index contributed by atoms with van der Waals surface area (Å²) in [5, 5.41) is 24.5. The number of carbonyl (C=O) groups is 1. The summed E-state index contributed by atoms with van der Waals surface area (Å²) in [5.74, 6) is 0.416. The third-order valence-electron chi connectivity index (χ3n) is 5.21. The lowest BCUT2D eigenvalue weighted by molar-refractivity contribution is -0.385. The topological polar surface area (TPSA) is 119 Å². The smallest absolute Gasteiger partial charge is 0.321 e. The fourth-order valence-electron chi connectivity index (χ4n) is 3.36. The zero-order valence-corrected chi connectivity index (χ0v) is 18.1. The maximum atomic E-state index is 11.3. The number of likely N-dealkylation sites (N-methyl/N-ethyl adjacent to an activating group) is 1. The minimum Gasteiger partial charge on any atom is -0.493 e. The van der Waals surface area contributed by atoms with Crippen molar-refractivity contribution < 1.29 is 24.1 Å². The van der Waals surface area contributed by atoms with Gasteiger partial charge < -0.3 is 14.4 Å². The summed E-state index contributed by atoms with van der Waals surface area (Å²) in [7, 11) is 3.48. The molecule has 9 nitrogen and oxygen atoms in total. The van der Waals surface area contributed by atoms with Gasteiger partial charge in [-0.05, 0) is 45.1 Å². The highest BCUT2D eigenvalue weighted by atomic mass is 16.6. The van der Waals surface area contributed by atoms with Crippen molar-refractivity contribution in [1.82, 2.24) is 10.1 Å². The van der Waals surface area contributed by atoms with E-state index in [2.05, 4.69) is 5.16 Å². The maximum Gasteiger partial charge on any atom is 0.321 e. The lowest BCUT2D eigenvalue weighted by atomic mass is 10.0. The van der Waals surface area contributed by atoms with Gasteiger partial charge in [0.1, 0.15) is 23.2 Å². The predicted molar refractivity (Wildman–Crippen MR) is 118 cm³/mol. The molecule has 0 spiro atoms. The van der Waals surface area contributed by atoms with Gasteiger partial charge in [0.25, 0.3) is 5.69 Å². The summed E-state index contributed by atoms with van der Waals surface area (Å²) in [6.45, 7) is 2.04.